The molecule has 0 bridgehead atoms. The highest BCUT2D eigenvalue weighted by atomic mass is 35.5. The van der Waals surface area contributed by atoms with Gasteiger partial charge in [0.05, 0.1) is 0 Å². The first kappa shape index (κ1) is 14.1. The summed E-state index contributed by atoms with van der Waals surface area (Å²) >= 11 is 5.89. The predicted octanol–water partition coefficient (Wildman–Crippen LogP) is 2.01. The van der Waals surface area contributed by atoms with Crippen molar-refractivity contribution in [3.8, 4) is 5.75 Å². The van der Waals surface area contributed by atoms with Gasteiger partial charge in [-0.25, -0.2) is 9.78 Å². The molecular weight excluding hydrogens is 284 g/mol. The summed E-state index contributed by atoms with van der Waals surface area (Å²) in [6, 6.07) is 6.02. The largest absolute Gasteiger partial charge is 0.486 e. The Hall–Kier alpha value is -2.34. The van der Waals surface area contributed by atoms with Gasteiger partial charge < -0.3 is 14.8 Å². The highest BCUT2D eigenvalue weighted by Crippen LogP contribution is 2.21. The summed E-state index contributed by atoms with van der Waals surface area (Å²) in [6.45, 7) is 1.79. The fourth-order valence-corrected chi connectivity index (χ4v) is 1.66. The molecule has 0 amide bonds. The minimum absolute atomic E-state index is 0.0442. The number of carbonyl (C=O) groups is 1. The highest BCUT2D eigenvalue weighted by molar-refractivity contribution is 6.31. The van der Waals surface area contributed by atoms with E-state index in [4.69, 9.17) is 21.4 Å². The standard InChI is InChI=1S/C13H11ClN2O4/c1-7-4-8(2-3-9(7)14)20-6-11-15-10(13(18)19)5-12(17)16-11/h2-5H,6H2,1H3,(H,18,19)(H,15,16,17). The number of aryl methyl sites for hydroxylation is 1. The van der Waals surface area contributed by atoms with Crippen molar-refractivity contribution in [2.24, 2.45) is 0 Å². The molecular formula is C13H11ClN2O4. The number of halogens is 1. The molecule has 0 aliphatic rings. The van der Waals surface area contributed by atoms with E-state index in [1.165, 1.54) is 0 Å². The molecule has 2 N–H and O–H groups in total. The lowest BCUT2D eigenvalue weighted by molar-refractivity contribution is 0.0689. The SMILES string of the molecule is Cc1cc(OCc2nc(C(=O)O)cc(=O)[nH]2)ccc1Cl. The van der Waals surface area contributed by atoms with Crippen LogP contribution >= 0.6 is 11.6 Å². The molecule has 7 heteroatoms. The minimum atomic E-state index is -1.26. The number of H-pyrrole nitrogens is 1. The van der Waals surface area contributed by atoms with Crippen molar-refractivity contribution < 1.29 is 14.6 Å². The summed E-state index contributed by atoms with van der Waals surface area (Å²) in [5, 5.41) is 9.44. The van der Waals surface area contributed by atoms with Gasteiger partial charge in [-0.3, -0.25) is 4.79 Å². The van der Waals surface area contributed by atoms with E-state index in [-0.39, 0.29) is 18.1 Å². The Kier molecular flexibility index (Phi) is 4.05. The van der Waals surface area contributed by atoms with Crippen LogP contribution in [-0.4, -0.2) is 21.0 Å². The molecule has 20 heavy (non-hydrogen) atoms. The summed E-state index contributed by atoms with van der Waals surface area (Å²) in [4.78, 5) is 28.3. The normalized spacial score (nSPS) is 10.3. The molecule has 2 aromatic rings. The molecule has 1 heterocycles. The van der Waals surface area contributed by atoms with Crippen molar-refractivity contribution in [1.82, 2.24) is 9.97 Å². The highest BCUT2D eigenvalue weighted by Gasteiger charge is 2.08. The zero-order valence-electron chi connectivity index (χ0n) is 10.5. The van der Waals surface area contributed by atoms with E-state index in [1.807, 2.05) is 6.92 Å². The zero-order valence-corrected chi connectivity index (χ0v) is 11.3. The van der Waals surface area contributed by atoms with Crippen molar-refractivity contribution in [2.45, 2.75) is 13.5 Å². The van der Waals surface area contributed by atoms with Crippen LogP contribution in [0.2, 0.25) is 5.02 Å². The van der Waals surface area contributed by atoms with Gasteiger partial charge in [0, 0.05) is 11.1 Å². The minimum Gasteiger partial charge on any atom is -0.486 e. The zero-order chi connectivity index (χ0) is 14.7. The first-order valence-corrected chi connectivity index (χ1v) is 6.06. The number of rotatable bonds is 4. The van der Waals surface area contributed by atoms with Crippen LogP contribution in [0.15, 0.2) is 29.1 Å². The lowest BCUT2D eigenvalue weighted by Gasteiger charge is -2.07. The molecule has 0 saturated carbocycles. The molecule has 0 unspecified atom stereocenters. The molecule has 0 aliphatic carbocycles. The van der Waals surface area contributed by atoms with Crippen LogP contribution in [-0.2, 0) is 6.61 Å². The number of aromatic carboxylic acids is 1. The number of nitrogens with one attached hydrogen (secondary N) is 1. The van der Waals surface area contributed by atoms with Gasteiger partial charge in [-0.05, 0) is 30.7 Å². The van der Waals surface area contributed by atoms with Gasteiger partial charge in [-0.2, -0.15) is 0 Å². The fraction of sp³-hybridized carbons (Fsp3) is 0.154. The topological polar surface area (TPSA) is 92.3 Å². The summed E-state index contributed by atoms with van der Waals surface area (Å²) in [7, 11) is 0. The van der Waals surface area contributed by atoms with Gasteiger partial charge in [0.25, 0.3) is 5.56 Å². The van der Waals surface area contributed by atoms with Crippen LogP contribution in [0.25, 0.3) is 0 Å². The number of nitrogens with zero attached hydrogens (tertiary/aromatic N) is 1. The molecule has 6 nitrogen and oxygen atoms in total. The van der Waals surface area contributed by atoms with Crippen LogP contribution in [0.3, 0.4) is 0 Å². The number of hydrogen-bond acceptors (Lipinski definition) is 4. The quantitative estimate of drug-likeness (QED) is 0.900. The molecule has 0 fully saturated rings. The predicted molar refractivity (Wildman–Crippen MR) is 72.3 cm³/mol. The van der Waals surface area contributed by atoms with E-state index in [1.54, 1.807) is 18.2 Å². The fourth-order valence-electron chi connectivity index (χ4n) is 1.54. The number of hydrogen-bond donors (Lipinski definition) is 2. The third-order valence-corrected chi connectivity index (χ3v) is 2.94. The van der Waals surface area contributed by atoms with E-state index >= 15 is 0 Å². The van der Waals surface area contributed by atoms with E-state index in [2.05, 4.69) is 9.97 Å². The Bertz CT molecular complexity index is 712. The summed E-state index contributed by atoms with van der Waals surface area (Å²) in [6.07, 6.45) is 0. The second-order valence-electron chi connectivity index (χ2n) is 4.08. The van der Waals surface area contributed by atoms with Crippen molar-refractivity contribution in [1.29, 1.82) is 0 Å². The van der Waals surface area contributed by atoms with Crippen molar-refractivity contribution >= 4 is 17.6 Å². The Balaban J connectivity index is 2.16. The monoisotopic (exact) mass is 294 g/mol. The van der Waals surface area contributed by atoms with Crippen molar-refractivity contribution in [3.63, 3.8) is 0 Å². The number of carboxylic acid groups (broad SMARTS) is 1. The number of aromatic amines is 1. The molecule has 1 aromatic carbocycles. The van der Waals surface area contributed by atoms with E-state index in [9.17, 15) is 9.59 Å². The average Bonchev–Trinajstić information content (AvgIpc) is 2.39. The van der Waals surface area contributed by atoms with Crippen LogP contribution < -0.4 is 10.3 Å². The Morgan fingerprint density at radius 1 is 1.45 bits per heavy atom. The van der Waals surface area contributed by atoms with E-state index in [0.29, 0.717) is 10.8 Å². The molecule has 0 saturated heterocycles. The second kappa shape index (κ2) is 5.75. The van der Waals surface area contributed by atoms with Gasteiger partial charge in [0.1, 0.15) is 18.2 Å². The van der Waals surface area contributed by atoms with Crippen molar-refractivity contribution in [3.05, 3.63) is 56.7 Å². The van der Waals surface area contributed by atoms with Gasteiger partial charge in [-0.15, -0.1) is 0 Å². The number of aromatic nitrogens is 2. The van der Waals surface area contributed by atoms with Crippen LogP contribution in [0, 0.1) is 6.92 Å². The van der Waals surface area contributed by atoms with Gasteiger partial charge in [-0.1, -0.05) is 11.6 Å². The number of carboxylic acids is 1. The lowest BCUT2D eigenvalue weighted by Crippen LogP contribution is -2.17. The molecule has 0 spiro atoms. The van der Waals surface area contributed by atoms with Crippen LogP contribution in [0.4, 0.5) is 0 Å². The second-order valence-corrected chi connectivity index (χ2v) is 4.49. The maximum atomic E-state index is 11.3. The third-order valence-electron chi connectivity index (χ3n) is 2.51. The molecule has 1 aromatic heterocycles. The first-order valence-electron chi connectivity index (χ1n) is 5.68. The maximum Gasteiger partial charge on any atom is 0.354 e. The molecule has 0 aliphatic heterocycles. The van der Waals surface area contributed by atoms with Gasteiger partial charge >= 0.3 is 5.97 Å². The molecule has 0 atom stereocenters. The van der Waals surface area contributed by atoms with Gasteiger partial charge in [0.15, 0.2) is 5.69 Å². The Morgan fingerprint density at radius 2 is 2.20 bits per heavy atom. The summed E-state index contributed by atoms with van der Waals surface area (Å²) in [5.41, 5.74) is -0.00664. The maximum absolute atomic E-state index is 11.3. The number of ether oxygens (including phenoxy) is 1. The smallest absolute Gasteiger partial charge is 0.354 e. The van der Waals surface area contributed by atoms with E-state index < -0.39 is 11.5 Å². The van der Waals surface area contributed by atoms with E-state index in [0.717, 1.165) is 11.6 Å². The average molecular weight is 295 g/mol. The van der Waals surface area contributed by atoms with Gasteiger partial charge in [0.2, 0.25) is 0 Å². The van der Waals surface area contributed by atoms with Crippen molar-refractivity contribution in [2.75, 3.05) is 0 Å². The summed E-state index contributed by atoms with van der Waals surface area (Å²) < 4.78 is 5.43. The molecule has 0 radical (unpaired) electrons. The Morgan fingerprint density at radius 3 is 2.85 bits per heavy atom. The molecule has 104 valence electrons. The number of benzene rings is 1. The first-order chi connectivity index (χ1) is 9.45. The van der Waals surface area contributed by atoms with Crippen LogP contribution in [0.1, 0.15) is 21.9 Å². The molecule has 2 rings (SSSR count). The lowest BCUT2D eigenvalue weighted by atomic mass is 10.2. The summed E-state index contributed by atoms with van der Waals surface area (Å²) in [5.74, 6) is -0.572. The van der Waals surface area contributed by atoms with Crippen LogP contribution in [0.5, 0.6) is 5.75 Å². The third kappa shape index (κ3) is 3.36. The Labute approximate surface area is 119 Å².